The SMILES string of the molecule is CC/C=C\C/C=C\C/C=C\C/C=C\C/C=C\CCCC(=O)OCC(COC1OC(C(=O)O)C(O)C(O)C1OC(=O)CCCCCCCCCCCCC)OC(=O)CCCC/C=C\C/C=C\C/C=C\C/C=C\CC. The number of carboxylic acids is 1. The van der Waals surface area contributed by atoms with E-state index in [1.165, 1.54) is 38.5 Å². The van der Waals surface area contributed by atoms with Crippen LogP contribution in [0.25, 0.3) is 0 Å². The Morgan fingerprint density at radius 1 is 0.466 bits per heavy atom. The first-order valence-corrected chi connectivity index (χ1v) is 27.9. The summed E-state index contributed by atoms with van der Waals surface area (Å²) in [6.45, 7) is 5.64. The lowest BCUT2D eigenvalue weighted by molar-refractivity contribution is -0.301. The number of allylic oxidation sites excluding steroid dienone is 18. The molecule has 0 aromatic carbocycles. The van der Waals surface area contributed by atoms with Gasteiger partial charge < -0.3 is 39.0 Å². The summed E-state index contributed by atoms with van der Waals surface area (Å²) >= 11 is 0. The van der Waals surface area contributed by atoms with Gasteiger partial charge in [0.1, 0.15) is 18.8 Å². The summed E-state index contributed by atoms with van der Waals surface area (Å²) in [5.41, 5.74) is 0. The Hall–Kier alpha value is -4.62. The van der Waals surface area contributed by atoms with Crippen molar-refractivity contribution in [1.82, 2.24) is 0 Å². The summed E-state index contributed by atoms with van der Waals surface area (Å²) in [6.07, 6.45) is 52.2. The fraction of sp³-hybridized carbons (Fsp3) is 0.639. The lowest BCUT2D eigenvalue weighted by Gasteiger charge is -2.40. The van der Waals surface area contributed by atoms with Crippen LogP contribution in [0.2, 0.25) is 0 Å². The van der Waals surface area contributed by atoms with Gasteiger partial charge in [-0.2, -0.15) is 0 Å². The van der Waals surface area contributed by atoms with E-state index in [0.717, 1.165) is 96.3 Å². The van der Waals surface area contributed by atoms with Crippen molar-refractivity contribution in [3.8, 4) is 0 Å². The van der Waals surface area contributed by atoms with Gasteiger partial charge in [0.25, 0.3) is 0 Å². The zero-order valence-electron chi connectivity index (χ0n) is 45.1. The molecule has 0 aromatic rings. The van der Waals surface area contributed by atoms with Gasteiger partial charge in [-0.15, -0.1) is 0 Å². The van der Waals surface area contributed by atoms with Crippen LogP contribution >= 0.6 is 0 Å². The first kappa shape index (κ1) is 66.4. The second kappa shape index (κ2) is 48.3. The van der Waals surface area contributed by atoms with Crippen LogP contribution in [0.5, 0.6) is 0 Å². The van der Waals surface area contributed by atoms with Gasteiger partial charge in [0.2, 0.25) is 0 Å². The van der Waals surface area contributed by atoms with Crippen molar-refractivity contribution in [2.45, 2.75) is 237 Å². The van der Waals surface area contributed by atoms with Crippen molar-refractivity contribution >= 4 is 23.9 Å². The molecule has 1 rings (SSSR count). The highest BCUT2D eigenvalue weighted by atomic mass is 16.7. The molecule has 0 bridgehead atoms. The molecule has 1 aliphatic heterocycles. The number of carbonyl (C=O) groups is 4. The molecule has 12 heteroatoms. The molecule has 1 saturated heterocycles. The second-order valence-electron chi connectivity index (χ2n) is 18.5. The molecule has 6 unspecified atom stereocenters. The quantitative estimate of drug-likeness (QED) is 0.0228. The fourth-order valence-electron chi connectivity index (χ4n) is 7.63. The number of ether oxygens (including phenoxy) is 5. The molecule has 0 aliphatic carbocycles. The minimum Gasteiger partial charge on any atom is -0.479 e. The Bertz CT molecular complexity index is 1690. The highest BCUT2D eigenvalue weighted by Gasteiger charge is 2.50. The van der Waals surface area contributed by atoms with E-state index < -0.39 is 67.3 Å². The molecule has 0 saturated carbocycles. The smallest absolute Gasteiger partial charge is 0.335 e. The van der Waals surface area contributed by atoms with Gasteiger partial charge in [-0.05, 0) is 96.3 Å². The molecule has 73 heavy (non-hydrogen) atoms. The molecular formula is C61H96O12. The minimum absolute atomic E-state index is 0.0466. The number of aliphatic carboxylic acids is 1. The van der Waals surface area contributed by atoms with Gasteiger partial charge in [-0.1, -0.05) is 194 Å². The van der Waals surface area contributed by atoms with Crippen molar-refractivity contribution in [3.05, 3.63) is 109 Å². The van der Waals surface area contributed by atoms with E-state index >= 15 is 0 Å². The summed E-state index contributed by atoms with van der Waals surface area (Å²) in [7, 11) is 0. The summed E-state index contributed by atoms with van der Waals surface area (Å²) in [4.78, 5) is 50.9. The van der Waals surface area contributed by atoms with Crippen molar-refractivity contribution in [2.24, 2.45) is 0 Å². The molecule has 3 N–H and O–H groups in total. The minimum atomic E-state index is -1.92. The Labute approximate surface area is 440 Å². The molecule has 1 heterocycles. The highest BCUT2D eigenvalue weighted by Crippen LogP contribution is 2.26. The van der Waals surface area contributed by atoms with Gasteiger partial charge in [0.15, 0.2) is 24.6 Å². The highest BCUT2D eigenvalue weighted by molar-refractivity contribution is 5.74. The predicted octanol–water partition coefficient (Wildman–Crippen LogP) is 13.9. The number of rotatable bonds is 45. The maximum Gasteiger partial charge on any atom is 0.335 e. The number of unbranched alkanes of at least 4 members (excludes halogenated alkanes) is 13. The molecule has 412 valence electrons. The molecule has 0 aromatic heterocycles. The van der Waals surface area contributed by atoms with E-state index in [9.17, 15) is 34.5 Å². The van der Waals surface area contributed by atoms with Gasteiger partial charge in [-0.25, -0.2) is 4.79 Å². The Morgan fingerprint density at radius 3 is 1.36 bits per heavy atom. The predicted molar refractivity (Wildman–Crippen MR) is 294 cm³/mol. The van der Waals surface area contributed by atoms with Crippen LogP contribution in [-0.2, 0) is 42.9 Å². The number of aliphatic hydroxyl groups excluding tert-OH is 2. The molecule has 1 fully saturated rings. The Morgan fingerprint density at radius 2 is 0.877 bits per heavy atom. The van der Waals surface area contributed by atoms with Crippen LogP contribution in [0.4, 0.5) is 0 Å². The van der Waals surface area contributed by atoms with Crippen LogP contribution in [0.1, 0.15) is 201 Å². The summed E-state index contributed by atoms with van der Waals surface area (Å²) < 4.78 is 28.2. The molecule has 0 radical (unpaired) electrons. The van der Waals surface area contributed by atoms with Crippen LogP contribution in [0.15, 0.2) is 109 Å². The molecule has 1 aliphatic rings. The van der Waals surface area contributed by atoms with E-state index in [-0.39, 0.29) is 25.9 Å². The van der Waals surface area contributed by atoms with Crippen LogP contribution in [0.3, 0.4) is 0 Å². The standard InChI is InChI=1S/C61H96O12/c1-4-7-10-13-16-19-22-24-26-27-29-30-33-35-38-41-44-47-53(62)69-50-52(71-54(63)48-45-42-39-37-34-31-28-25-23-20-17-14-11-8-5-2)51-70-61-59(57(66)56(65)58(73-61)60(67)68)72-55(64)49-46-43-40-36-32-21-18-15-12-9-6-3/h7-8,10-11,16-17,19-20,24-26,28-30,34-35,37-38,52,56-59,61,65-66H,4-6,9,12-15,18,21-23,27,31-33,36,39-51H2,1-3H3,(H,67,68)/b10-7-,11-8-,19-16-,20-17-,26-24-,28-25-,30-29-,37-34-,38-35-. The second-order valence-corrected chi connectivity index (χ2v) is 18.5. The number of esters is 3. The van der Waals surface area contributed by atoms with Crippen LogP contribution in [-0.4, -0.2) is 89.2 Å². The van der Waals surface area contributed by atoms with E-state index in [1.54, 1.807) is 0 Å². The van der Waals surface area contributed by atoms with Gasteiger partial charge in [-0.3, -0.25) is 14.4 Å². The van der Waals surface area contributed by atoms with Gasteiger partial charge >= 0.3 is 23.9 Å². The molecule has 0 amide bonds. The Kier molecular flexibility index (Phi) is 44.0. The molecular weight excluding hydrogens is 925 g/mol. The fourth-order valence-corrected chi connectivity index (χ4v) is 7.63. The lowest BCUT2D eigenvalue weighted by atomic mass is 9.98. The number of carboxylic acid groups (broad SMARTS) is 1. The van der Waals surface area contributed by atoms with E-state index in [1.807, 2.05) is 6.08 Å². The summed E-state index contributed by atoms with van der Waals surface area (Å²) in [5, 5.41) is 31.4. The number of hydrogen-bond acceptors (Lipinski definition) is 11. The maximum absolute atomic E-state index is 13.1. The van der Waals surface area contributed by atoms with E-state index in [2.05, 4.69) is 124 Å². The van der Waals surface area contributed by atoms with Crippen molar-refractivity contribution < 1.29 is 58.2 Å². The van der Waals surface area contributed by atoms with Crippen molar-refractivity contribution in [1.29, 1.82) is 0 Å². The zero-order valence-corrected chi connectivity index (χ0v) is 45.1. The first-order valence-electron chi connectivity index (χ1n) is 27.9. The van der Waals surface area contributed by atoms with Crippen molar-refractivity contribution in [3.63, 3.8) is 0 Å². The van der Waals surface area contributed by atoms with E-state index in [0.29, 0.717) is 25.7 Å². The monoisotopic (exact) mass is 1020 g/mol. The summed E-state index contributed by atoms with van der Waals surface area (Å²) in [5.74, 6) is -3.27. The molecule has 6 atom stereocenters. The van der Waals surface area contributed by atoms with Crippen LogP contribution in [0, 0.1) is 0 Å². The number of hydrogen-bond donors (Lipinski definition) is 3. The third-order valence-corrected chi connectivity index (χ3v) is 11.8. The first-order chi connectivity index (χ1) is 35.6. The van der Waals surface area contributed by atoms with Crippen molar-refractivity contribution in [2.75, 3.05) is 13.2 Å². The average Bonchev–Trinajstić information content (AvgIpc) is 3.37. The largest absolute Gasteiger partial charge is 0.479 e. The maximum atomic E-state index is 13.1. The lowest BCUT2D eigenvalue weighted by Crippen LogP contribution is -2.61. The third kappa shape index (κ3) is 38.6. The molecule has 0 spiro atoms. The topological polar surface area (TPSA) is 175 Å². The van der Waals surface area contributed by atoms with E-state index in [4.69, 9.17) is 23.7 Å². The average molecular weight is 1020 g/mol. The molecule has 12 nitrogen and oxygen atoms in total. The summed E-state index contributed by atoms with van der Waals surface area (Å²) in [6, 6.07) is 0. The Balaban J connectivity index is 2.79. The number of aliphatic hydroxyl groups is 2. The zero-order chi connectivity index (χ0) is 53.3. The number of carbonyl (C=O) groups excluding carboxylic acids is 3. The van der Waals surface area contributed by atoms with Crippen LogP contribution < -0.4 is 0 Å². The third-order valence-electron chi connectivity index (χ3n) is 11.8. The van der Waals surface area contributed by atoms with Gasteiger partial charge in [0.05, 0.1) is 6.61 Å². The van der Waals surface area contributed by atoms with Gasteiger partial charge in [0, 0.05) is 19.3 Å². The normalized spacial score (nSPS) is 19.2.